The summed E-state index contributed by atoms with van der Waals surface area (Å²) in [5.74, 6) is -5.59. The molecule has 0 aliphatic carbocycles. The van der Waals surface area contributed by atoms with Gasteiger partial charge in [-0.05, 0) is 62.6 Å². The summed E-state index contributed by atoms with van der Waals surface area (Å²) < 4.78 is 74.4. The molecule has 0 aliphatic rings. The highest BCUT2D eigenvalue weighted by atomic mass is 32.2. The smallest absolute Gasteiger partial charge is 0.416 e. The first-order valence-electron chi connectivity index (χ1n) is 13.2. The number of nitrogens with one attached hydrogen (secondary N) is 1. The van der Waals surface area contributed by atoms with Crippen molar-refractivity contribution in [1.29, 1.82) is 0 Å². The topological polar surface area (TPSA) is 156 Å². The molecule has 1 aromatic rings. The molecule has 3 atom stereocenters. The number of hydrogen-bond donors (Lipinski definition) is 3. The molecule has 10 nitrogen and oxygen atoms in total. The van der Waals surface area contributed by atoms with Crippen LogP contribution in [0.3, 0.4) is 0 Å². The molecule has 3 unspecified atom stereocenters. The Morgan fingerprint density at radius 2 is 1.50 bits per heavy atom. The van der Waals surface area contributed by atoms with Crippen LogP contribution in [0.1, 0.15) is 80.7 Å². The molecule has 0 heterocycles. The molecule has 240 valence electrons. The Morgan fingerprint density at radius 3 is 1.90 bits per heavy atom. The quantitative estimate of drug-likeness (QED) is 0.200. The number of hydrogen-bond acceptors (Lipinski definition) is 7. The molecule has 1 rings (SSSR count). The van der Waals surface area contributed by atoms with E-state index in [4.69, 9.17) is 8.92 Å². The van der Waals surface area contributed by atoms with Crippen LogP contribution in [0.5, 0.6) is 0 Å². The summed E-state index contributed by atoms with van der Waals surface area (Å²) in [7, 11) is -4.62. The van der Waals surface area contributed by atoms with Gasteiger partial charge in [-0.2, -0.15) is 21.6 Å². The summed E-state index contributed by atoms with van der Waals surface area (Å²) in [6.07, 6.45) is -6.34. The zero-order chi connectivity index (χ0) is 33.1. The first-order chi connectivity index (χ1) is 18.7. The van der Waals surface area contributed by atoms with E-state index in [1.165, 1.54) is 0 Å². The van der Waals surface area contributed by atoms with Gasteiger partial charge in [0.1, 0.15) is 11.1 Å². The Bertz CT molecular complexity index is 1240. The Kier molecular flexibility index (Phi) is 11.3. The lowest BCUT2D eigenvalue weighted by Crippen LogP contribution is -2.71. The number of benzene rings is 1. The third kappa shape index (κ3) is 9.32. The number of carbonyl (C=O) groups excluding carboxylic acids is 1. The third-order valence-corrected chi connectivity index (χ3v) is 7.99. The highest BCUT2D eigenvalue weighted by Crippen LogP contribution is 2.50. The largest absolute Gasteiger partial charge is 0.481 e. The normalized spacial score (nSPS) is 16.2. The molecule has 0 spiro atoms. The minimum Gasteiger partial charge on any atom is -0.481 e. The molecule has 0 aliphatic heterocycles. The molecule has 0 radical (unpaired) electrons. The number of alkyl halides is 3. The van der Waals surface area contributed by atoms with Gasteiger partial charge in [-0.15, -0.1) is 0 Å². The summed E-state index contributed by atoms with van der Waals surface area (Å²) in [6.45, 7) is 13.7. The minimum atomic E-state index is -4.78. The molecule has 0 saturated heterocycles. The van der Waals surface area contributed by atoms with Gasteiger partial charge in [0, 0.05) is 5.92 Å². The SMILES string of the molecule is CC(C)(C)OC(=O)NC(C(=O)O)(C(C(CCCOS(=O)(=O)c1cccc(C(F)(F)F)c1)C(=O)O)C(C)(C)C)C(C)(C)C. The van der Waals surface area contributed by atoms with E-state index in [1.807, 2.05) is 0 Å². The van der Waals surface area contributed by atoms with Crippen molar-refractivity contribution >= 4 is 28.1 Å². The highest BCUT2D eigenvalue weighted by molar-refractivity contribution is 7.86. The van der Waals surface area contributed by atoms with Crippen LogP contribution < -0.4 is 5.32 Å². The Hall–Kier alpha value is -2.87. The van der Waals surface area contributed by atoms with Crippen LogP contribution in [0.4, 0.5) is 18.0 Å². The second-order valence-electron chi connectivity index (χ2n) is 13.2. The maximum Gasteiger partial charge on any atom is 0.416 e. The first kappa shape index (κ1) is 37.2. The van der Waals surface area contributed by atoms with Crippen LogP contribution in [-0.2, 0) is 34.8 Å². The monoisotopic (exact) mass is 625 g/mol. The van der Waals surface area contributed by atoms with Crippen LogP contribution in [0.2, 0.25) is 0 Å². The van der Waals surface area contributed by atoms with E-state index >= 15 is 0 Å². The maximum atomic E-state index is 13.1. The predicted octanol–water partition coefficient (Wildman–Crippen LogP) is 5.95. The van der Waals surface area contributed by atoms with Crippen molar-refractivity contribution in [3.8, 4) is 0 Å². The van der Waals surface area contributed by atoms with Crippen LogP contribution in [0.15, 0.2) is 29.2 Å². The summed E-state index contributed by atoms with van der Waals surface area (Å²) >= 11 is 0. The molecular formula is C28H42F3NO9S. The molecule has 0 fully saturated rings. The van der Waals surface area contributed by atoms with Crippen molar-refractivity contribution in [2.24, 2.45) is 22.7 Å². The highest BCUT2D eigenvalue weighted by Gasteiger charge is 2.62. The number of ether oxygens (including phenoxy) is 1. The second kappa shape index (κ2) is 12.8. The molecule has 1 amide bonds. The lowest BCUT2D eigenvalue weighted by molar-refractivity contribution is -0.166. The van der Waals surface area contributed by atoms with Crippen molar-refractivity contribution in [2.45, 2.75) is 97.4 Å². The van der Waals surface area contributed by atoms with Gasteiger partial charge in [0.15, 0.2) is 0 Å². The fourth-order valence-corrected chi connectivity index (χ4v) is 6.05. The summed E-state index contributed by atoms with van der Waals surface area (Å²) in [4.78, 5) is 37.9. The Morgan fingerprint density at radius 1 is 0.952 bits per heavy atom. The van der Waals surface area contributed by atoms with E-state index in [-0.39, 0.29) is 12.8 Å². The van der Waals surface area contributed by atoms with E-state index in [0.717, 1.165) is 12.1 Å². The number of carbonyl (C=O) groups is 3. The maximum absolute atomic E-state index is 13.1. The lowest BCUT2D eigenvalue weighted by Gasteiger charge is -2.53. The third-order valence-electron chi connectivity index (χ3n) is 6.69. The number of aliphatic carboxylic acids is 2. The number of rotatable bonds is 11. The molecule has 0 aromatic heterocycles. The van der Waals surface area contributed by atoms with Gasteiger partial charge >= 0.3 is 24.2 Å². The predicted molar refractivity (Wildman–Crippen MR) is 147 cm³/mol. The van der Waals surface area contributed by atoms with Gasteiger partial charge in [-0.25, -0.2) is 9.59 Å². The molecule has 0 saturated carbocycles. The van der Waals surface area contributed by atoms with Gasteiger partial charge in [0.05, 0.1) is 23.0 Å². The van der Waals surface area contributed by atoms with E-state index in [9.17, 15) is 46.2 Å². The van der Waals surface area contributed by atoms with Crippen LogP contribution in [-0.4, -0.2) is 54.4 Å². The van der Waals surface area contributed by atoms with E-state index in [1.54, 1.807) is 62.3 Å². The van der Waals surface area contributed by atoms with Gasteiger partial charge in [-0.3, -0.25) is 8.98 Å². The fourth-order valence-electron chi connectivity index (χ4n) is 5.06. The van der Waals surface area contributed by atoms with E-state index in [0.29, 0.717) is 12.1 Å². The zero-order valence-electron chi connectivity index (χ0n) is 25.4. The molecule has 42 heavy (non-hydrogen) atoms. The van der Waals surface area contributed by atoms with Gasteiger partial charge < -0.3 is 20.3 Å². The number of carboxylic acids is 2. The van der Waals surface area contributed by atoms with Crippen LogP contribution >= 0.6 is 0 Å². The average Bonchev–Trinajstić information content (AvgIpc) is 2.76. The van der Waals surface area contributed by atoms with Crippen LogP contribution in [0, 0.1) is 22.7 Å². The number of amides is 1. The van der Waals surface area contributed by atoms with Gasteiger partial charge in [0.25, 0.3) is 10.1 Å². The van der Waals surface area contributed by atoms with Gasteiger partial charge in [0.2, 0.25) is 0 Å². The number of carboxylic acid groups (broad SMARTS) is 2. The molecule has 0 bridgehead atoms. The summed E-state index contributed by atoms with van der Waals surface area (Å²) in [5, 5.41) is 23.4. The average molecular weight is 626 g/mol. The molecule has 3 N–H and O–H groups in total. The standard InChI is InChI=1S/C28H42F3NO9S/c1-24(2,3)20(27(22(35)36,25(4,5)6)32-23(37)41-26(7,8)9)19(21(33)34)14-11-15-40-42(38,39)18-13-10-12-17(16-18)28(29,30)31/h10,12-13,16,19-20H,11,14-15H2,1-9H3,(H,32,37)(H,33,34)(H,35,36). The van der Waals surface area contributed by atoms with Crippen molar-refractivity contribution < 1.29 is 55.1 Å². The molecule has 1 aromatic carbocycles. The van der Waals surface area contributed by atoms with Crippen molar-refractivity contribution in [3.63, 3.8) is 0 Å². The number of halogens is 3. The zero-order valence-corrected chi connectivity index (χ0v) is 26.2. The van der Waals surface area contributed by atoms with E-state index < -0.39 is 85.2 Å². The Balaban J connectivity index is 3.43. The van der Waals surface area contributed by atoms with Crippen molar-refractivity contribution in [2.75, 3.05) is 6.61 Å². The lowest BCUT2D eigenvalue weighted by atomic mass is 9.54. The van der Waals surface area contributed by atoms with Crippen molar-refractivity contribution in [1.82, 2.24) is 5.32 Å². The van der Waals surface area contributed by atoms with E-state index in [2.05, 4.69) is 5.32 Å². The number of alkyl carbamates (subject to hydrolysis) is 1. The van der Waals surface area contributed by atoms with Crippen LogP contribution in [0.25, 0.3) is 0 Å². The van der Waals surface area contributed by atoms with Gasteiger partial charge in [-0.1, -0.05) is 47.6 Å². The molecule has 14 heteroatoms. The molecular weight excluding hydrogens is 583 g/mol. The van der Waals surface area contributed by atoms with Crippen molar-refractivity contribution in [3.05, 3.63) is 29.8 Å². The fraction of sp³-hybridized carbons (Fsp3) is 0.679. The minimum absolute atomic E-state index is 0.214. The second-order valence-corrected chi connectivity index (χ2v) is 14.8. The Labute approximate surface area is 245 Å². The summed E-state index contributed by atoms with van der Waals surface area (Å²) in [6, 6.07) is 2.99. The first-order valence-corrected chi connectivity index (χ1v) is 14.6. The summed E-state index contributed by atoms with van der Waals surface area (Å²) in [5.41, 5.74) is -6.66.